The number of nitrogens with one attached hydrogen (secondary N) is 1. The standard InChI is InChI=1S/C27H31N9O3/c1-4-22(37)35-10-12-36(13-11-35)25-20-15-29-33-26(39-24-17(2)7-8-21-19(24)14-28-32-21)23(20)30-27(31-25)38-16-18-6-5-9-34(18)3/h4,7-8,14-15,18H,1,5-6,9-13,16H2,2-3H3,(H,28,32)/t18-/m0/s1. The van der Waals surface area contributed by atoms with E-state index in [2.05, 4.69) is 43.8 Å². The predicted octanol–water partition coefficient (Wildman–Crippen LogP) is 2.70. The summed E-state index contributed by atoms with van der Waals surface area (Å²) in [5.74, 6) is 1.50. The number of likely N-dealkylation sites (tertiary alicyclic amines) is 1. The summed E-state index contributed by atoms with van der Waals surface area (Å²) >= 11 is 0. The van der Waals surface area contributed by atoms with Crippen molar-refractivity contribution in [2.75, 3.05) is 51.3 Å². The maximum Gasteiger partial charge on any atom is 0.319 e. The number of piperazine rings is 1. The molecule has 3 aromatic heterocycles. The molecule has 2 aliphatic rings. The topological polar surface area (TPSA) is 125 Å². The van der Waals surface area contributed by atoms with E-state index in [1.165, 1.54) is 6.08 Å². The zero-order valence-electron chi connectivity index (χ0n) is 22.1. The highest BCUT2D eigenvalue weighted by Gasteiger charge is 2.26. The molecule has 6 rings (SSSR count). The Morgan fingerprint density at radius 1 is 1.15 bits per heavy atom. The number of H-pyrrole nitrogens is 1. The number of hydrogen-bond donors (Lipinski definition) is 1. The summed E-state index contributed by atoms with van der Waals surface area (Å²) in [5.41, 5.74) is 2.30. The van der Waals surface area contributed by atoms with E-state index in [1.54, 1.807) is 17.3 Å². The number of aromatic amines is 1. The first kappa shape index (κ1) is 25.0. The number of benzene rings is 1. The molecule has 202 valence electrons. The molecule has 0 bridgehead atoms. The molecule has 4 aromatic rings. The van der Waals surface area contributed by atoms with Gasteiger partial charge in [-0.05, 0) is 51.1 Å². The van der Waals surface area contributed by atoms with Gasteiger partial charge in [0.1, 0.15) is 23.7 Å². The predicted molar refractivity (Wildman–Crippen MR) is 146 cm³/mol. The van der Waals surface area contributed by atoms with Crippen LogP contribution in [0.25, 0.3) is 21.8 Å². The Balaban J connectivity index is 1.38. The fourth-order valence-corrected chi connectivity index (χ4v) is 5.24. The van der Waals surface area contributed by atoms with Gasteiger partial charge in [0.2, 0.25) is 5.91 Å². The molecule has 2 aliphatic heterocycles. The first-order chi connectivity index (χ1) is 19.0. The number of aryl methyl sites for hydroxylation is 1. The van der Waals surface area contributed by atoms with Crippen molar-refractivity contribution in [1.82, 2.24) is 40.2 Å². The van der Waals surface area contributed by atoms with Crippen molar-refractivity contribution in [2.24, 2.45) is 0 Å². The van der Waals surface area contributed by atoms with Gasteiger partial charge in [-0.3, -0.25) is 9.89 Å². The molecule has 1 N–H and O–H groups in total. The zero-order valence-corrected chi connectivity index (χ0v) is 22.1. The van der Waals surface area contributed by atoms with Crippen LogP contribution in [0.15, 0.2) is 37.2 Å². The van der Waals surface area contributed by atoms with Gasteiger partial charge < -0.3 is 24.2 Å². The first-order valence-corrected chi connectivity index (χ1v) is 13.1. The molecule has 2 fully saturated rings. The number of carbonyl (C=O) groups excluding carboxylic acids is 1. The second-order valence-corrected chi connectivity index (χ2v) is 9.99. The SMILES string of the molecule is C=CC(=O)N1CCN(c2nc(OC[C@@H]3CCCN3C)nc3c(Oc4c(C)ccc5[nH]ncc45)nncc23)CC1. The van der Waals surface area contributed by atoms with Crippen LogP contribution in [-0.2, 0) is 4.79 Å². The fraction of sp³-hybridized carbons (Fsp3) is 0.407. The maximum absolute atomic E-state index is 12.1. The summed E-state index contributed by atoms with van der Waals surface area (Å²) in [6.07, 6.45) is 6.95. The molecule has 0 unspecified atom stereocenters. The summed E-state index contributed by atoms with van der Waals surface area (Å²) < 4.78 is 12.6. The van der Waals surface area contributed by atoms with Crippen molar-refractivity contribution >= 4 is 33.5 Å². The maximum atomic E-state index is 12.1. The highest BCUT2D eigenvalue weighted by Crippen LogP contribution is 2.36. The molecule has 2 saturated heterocycles. The van der Waals surface area contributed by atoms with Crippen LogP contribution in [0.4, 0.5) is 5.82 Å². The minimum Gasteiger partial charge on any atom is -0.462 e. The van der Waals surface area contributed by atoms with Gasteiger partial charge in [0.25, 0.3) is 5.88 Å². The van der Waals surface area contributed by atoms with E-state index in [9.17, 15) is 4.79 Å². The van der Waals surface area contributed by atoms with Crippen molar-refractivity contribution in [3.8, 4) is 17.6 Å². The molecule has 39 heavy (non-hydrogen) atoms. The Kier molecular flexibility index (Phi) is 6.69. The normalized spacial score (nSPS) is 18.2. The molecule has 12 heteroatoms. The zero-order chi connectivity index (χ0) is 26.9. The van der Waals surface area contributed by atoms with E-state index in [0.29, 0.717) is 61.3 Å². The lowest BCUT2D eigenvalue weighted by Gasteiger charge is -2.35. The van der Waals surface area contributed by atoms with Crippen LogP contribution in [-0.4, -0.2) is 98.5 Å². The van der Waals surface area contributed by atoms with Crippen molar-refractivity contribution in [3.63, 3.8) is 0 Å². The number of nitrogens with zero attached hydrogens (tertiary/aromatic N) is 8. The molecule has 1 atom stereocenters. The van der Waals surface area contributed by atoms with Crippen LogP contribution in [0.3, 0.4) is 0 Å². The smallest absolute Gasteiger partial charge is 0.319 e. The van der Waals surface area contributed by atoms with E-state index < -0.39 is 0 Å². The molecular formula is C27H31N9O3. The van der Waals surface area contributed by atoms with Crippen LogP contribution in [0, 0.1) is 6.92 Å². The van der Waals surface area contributed by atoms with Gasteiger partial charge in [0.05, 0.1) is 28.7 Å². The lowest BCUT2D eigenvalue weighted by atomic mass is 10.1. The number of carbonyl (C=O) groups is 1. The lowest BCUT2D eigenvalue weighted by molar-refractivity contribution is -0.126. The Labute approximate surface area is 225 Å². The van der Waals surface area contributed by atoms with Crippen molar-refractivity contribution in [2.45, 2.75) is 25.8 Å². The molecule has 1 aromatic carbocycles. The average molecular weight is 530 g/mol. The van der Waals surface area contributed by atoms with Crippen molar-refractivity contribution in [3.05, 3.63) is 42.7 Å². The quantitative estimate of drug-likeness (QED) is 0.357. The van der Waals surface area contributed by atoms with Gasteiger partial charge >= 0.3 is 6.01 Å². The molecule has 0 radical (unpaired) electrons. The number of aromatic nitrogens is 6. The van der Waals surface area contributed by atoms with E-state index in [1.807, 2.05) is 19.1 Å². The van der Waals surface area contributed by atoms with Gasteiger partial charge in [-0.2, -0.15) is 20.2 Å². The summed E-state index contributed by atoms with van der Waals surface area (Å²) in [5, 5.41) is 17.2. The highest BCUT2D eigenvalue weighted by atomic mass is 16.5. The van der Waals surface area contributed by atoms with Gasteiger partial charge in [-0.25, -0.2) is 0 Å². The van der Waals surface area contributed by atoms with Crippen LogP contribution < -0.4 is 14.4 Å². The van der Waals surface area contributed by atoms with E-state index in [4.69, 9.17) is 19.4 Å². The minimum atomic E-state index is -0.0720. The Morgan fingerprint density at radius 3 is 2.77 bits per heavy atom. The fourth-order valence-electron chi connectivity index (χ4n) is 5.24. The largest absolute Gasteiger partial charge is 0.462 e. The highest BCUT2D eigenvalue weighted by molar-refractivity contribution is 5.93. The molecule has 0 saturated carbocycles. The van der Waals surface area contributed by atoms with Gasteiger partial charge in [-0.15, -0.1) is 5.10 Å². The summed E-state index contributed by atoms with van der Waals surface area (Å²) in [7, 11) is 2.11. The van der Waals surface area contributed by atoms with Crippen LogP contribution in [0.5, 0.6) is 17.6 Å². The average Bonchev–Trinajstić information content (AvgIpc) is 3.61. The molecule has 0 spiro atoms. The molecule has 12 nitrogen and oxygen atoms in total. The number of hydrogen-bond acceptors (Lipinski definition) is 10. The first-order valence-electron chi connectivity index (χ1n) is 13.1. The number of fused-ring (bicyclic) bond motifs is 2. The molecule has 1 amide bonds. The summed E-state index contributed by atoms with van der Waals surface area (Å²) in [4.78, 5) is 27.9. The molecular weight excluding hydrogens is 498 g/mol. The molecule has 0 aliphatic carbocycles. The Morgan fingerprint density at radius 2 is 2.00 bits per heavy atom. The minimum absolute atomic E-state index is 0.0720. The molecule has 5 heterocycles. The third kappa shape index (κ3) is 4.83. The number of amides is 1. The second-order valence-electron chi connectivity index (χ2n) is 9.99. The number of anilines is 1. The van der Waals surface area contributed by atoms with E-state index in [-0.39, 0.29) is 17.8 Å². The lowest BCUT2D eigenvalue weighted by Crippen LogP contribution is -2.48. The third-order valence-corrected chi connectivity index (χ3v) is 7.56. The van der Waals surface area contributed by atoms with Crippen LogP contribution >= 0.6 is 0 Å². The van der Waals surface area contributed by atoms with Crippen molar-refractivity contribution in [1.29, 1.82) is 0 Å². The second kappa shape index (κ2) is 10.4. The van der Waals surface area contributed by atoms with Crippen LogP contribution in [0.2, 0.25) is 0 Å². The van der Waals surface area contributed by atoms with Crippen molar-refractivity contribution < 1.29 is 14.3 Å². The Hall–Kier alpha value is -4.32. The monoisotopic (exact) mass is 529 g/mol. The Bertz CT molecular complexity index is 1530. The van der Waals surface area contributed by atoms with Crippen LogP contribution in [0.1, 0.15) is 18.4 Å². The number of rotatable bonds is 7. The third-order valence-electron chi connectivity index (χ3n) is 7.56. The van der Waals surface area contributed by atoms with E-state index >= 15 is 0 Å². The number of ether oxygens (including phenoxy) is 2. The van der Waals surface area contributed by atoms with Gasteiger partial charge in [0.15, 0.2) is 0 Å². The number of likely N-dealkylation sites (N-methyl/N-ethyl adjacent to an activating group) is 1. The van der Waals surface area contributed by atoms with Gasteiger partial charge in [-0.1, -0.05) is 12.6 Å². The van der Waals surface area contributed by atoms with Gasteiger partial charge in [0, 0.05) is 32.2 Å². The summed E-state index contributed by atoms with van der Waals surface area (Å²) in [6.45, 7) is 9.44. The summed E-state index contributed by atoms with van der Waals surface area (Å²) in [6, 6.07) is 4.50. The van der Waals surface area contributed by atoms with E-state index in [0.717, 1.165) is 35.9 Å².